The molecule has 1 heterocycles. The minimum Gasteiger partial charge on any atom is -0.400 e. The molecule has 4 nitrogen and oxygen atoms in total. The molecule has 8 bridgehead atoms. The zero-order valence-electron chi connectivity index (χ0n) is 27.3. The van der Waals surface area contributed by atoms with Gasteiger partial charge >= 0.3 is 0 Å². The highest BCUT2D eigenvalue weighted by atomic mass is 16.5. The third-order valence-electron chi connectivity index (χ3n) is 11.8. The zero-order chi connectivity index (χ0) is 29.8. The van der Waals surface area contributed by atoms with Crippen molar-refractivity contribution in [1.82, 2.24) is 0 Å². The van der Waals surface area contributed by atoms with Gasteiger partial charge in [0.2, 0.25) is 0 Å². The monoisotopic (exact) mass is 574 g/mol. The van der Waals surface area contributed by atoms with Crippen LogP contribution in [0.5, 0.6) is 0 Å². The fourth-order valence-corrected chi connectivity index (χ4v) is 10.7. The van der Waals surface area contributed by atoms with Crippen molar-refractivity contribution in [2.75, 3.05) is 33.5 Å². The predicted molar refractivity (Wildman–Crippen MR) is 171 cm³/mol. The average molecular weight is 575 g/mol. The van der Waals surface area contributed by atoms with Crippen molar-refractivity contribution in [3.8, 4) is 0 Å². The number of unbranched alkanes of at least 4 members (excludes halogenated alkanes) is 1. The zero-order valence-corrected chi connectivity index (χ0v) is 27.3. The van der Waals surface area contributed by atoms with Crippen molar-refractivity contribution in [2.24, 2.45) is 71.0 Å². The molecule has 3 N–H and O–H groups in total. The maximum Gasteiger partial charge on any atom is 0.0466 e. The first kappa shape index (κ1) is 34.8. The number of fused-ring (bicyclic) bond motifs is 18. The van der Waals surface area contributed by atoms with E-state index in [0.717, 1.165) is 104 Å². The first-order valence-electron chi connectivity index (χ1n) is 17.9. The summed E-state index contributed by atoms with van der Waals surface area (Å²) in [4.78, 5) is 0. The smallest absolute Gasteiger partial charge is 0.0466 e. The first-order chi connectivity index (χ1) is 20.3. The Labute approximate surface area is 253 Å². The molecule has 8 aliphatic carbocycles. The lowest BCUT2D eigenvalue weighted by Gasteiger charge is -2.31. The molecule has 7 fully saturated rings. The summed E-state index contributed by atoms with van der Waals surface area (Å²) in [7, 11) is 1.00. The second-order valence-corrected chi connectivity index (χ2v) is 13.3. The maximum atomic E-state index is 8.09. The Kier molecular flexibility index (Phi) is 15.5. The van der Waals surface area contributed by atoms with Crippen LogP contribution in [0, 0.1) is 71.0 Å². The molecule has 9 aliphatic rings. The molecule has 238 valence electrons. The summed E-state index contributed by atoms with van der Waals surface area (Å²) in [6.07, 6.45) is 26.7. The molecule has 4 heteroatoms. The molecule has 0 radical (unpaired) electrons. The van der Waals surface area contributed by atoms with Gasteiger partial charge in [0.15, 0.2) is 0 Å². The number of ether oxygens (including phenoxy) is 1. The topological polar surface area (TPSA) is 69.9 Å². The molecule has 0 aromatic carbocycles. The van der Waals surface area contributed by atoms with E-state index in [1.807, 2.05) is 27.7 Å². The Morgan fingerprint density at radius 1 is 0.512 bits per heavy atom. The Hall–Kier alpha value is -0.680. The molecule has 9 rings (SSSR count). The molecule has 1 aliphatic heterocycles. The molecule has 0 aromatic heterocycles. The van der Waals surface area contributed by atoms with Gasteiger partial charge in [-0.3, -0.25) is 0 Å². The number of rotatable bonds is 3. The van der Waals surface area contributed by atoms with E-state index in [1.165, 1.54) is 25.7 Å². The van der Waals surface area contributed by atoms with Crippen LogP contribution in [0.25, 0.3) is 0 Å². The number of hydrogen-bond acceptors (Lipinski definition) is 4. The van der Waals surface area contributed by atoms with Gasteiger partial charge in [0.1, 0.15) is 0 Å². The van der Waals surface area contributed by atoms with E-state index in [0.29, 0.717) is 0 Å². The Morgan fingerprint density at radius 3 is 1.02 bits per heavy atom. The van der Waals surface area contributed by atoms with Gasteiger partial charge in [0.25, 0.3) is 0 Å². The van der Waals surface area contributed by atoms with Gasteiger partial charge in [-0.05, 0) is 148 Å². The number of hydrogen-bond donors (Lipinski definition) is 3. The Morgan fingerprint density at radius 2 is 0.805 bits per heavy atom. The van der Waals surface area contributed by atoms with Gasteiger partial charge in [0, 0.05) is 33.5 Å². The van der Waals surface area contributed by atoms with Crippen LogP contribution in [0.3, 0.4) is 0 Å². The van der Waals surface area contributed by atoms with Crippen LogP contribution in [0.2, 0.25) is 0 Å². The SMILES string of the molecule is C1=CC2CC1C1C3CCC(C3)C21.C1=CC2CC1C1C3CCC(C3)C21.C1CCOC1.CC.CC.CO.OCCCCO. The molecular weight excluding hydrogens is 508 g/mol. The normalized spacial score (nSPS) is 42.5. The van der Waals surface area contributed by atoms with E-state index < -0.39 is 0 Å². The van der Waals surface area contributed by atoms with Gasteiger partial charge in [-0.25, -0.2) is 0 Å². The van der Waals surface area contributed by atoms with E-state index in [-0.39, 0.29) is 13.2 Å². The van der Waals surface area contributed by atoms with Gasteiger partial charge < -0.3 is 20.1 Å². The highest BCUT2D eigenvalue weighted by molar-refractivity contribution is 5.20. The van der Waals surface area contributed by atoms with Crippen LogP contribution < -0.4 is 0 Å². The lowest BCUT2D eigenvalue weighted by Crippen LogP contribution is -2.25. The van der Waals surface area contributed by atoms with E-state index in [1.54, 1.807) is 38.5 Å². The standard InChI is InChI=1S/2C12H16.C4H10O2.C4H8O.2C2H6.CH4O/c2*1-2-8-5-7(1)11-9-3-4-10(6-9)12(8)11;5-3-1-2-4-6;1-2-4-5-3-1;3*1-2/h2*1-2,7-12H,3-6H2;5-6H,1-4H2;1-4H2;2*1-2H3;2H,1H3. The summed E-state index contributed by atoms with van der Waals surface area (Å²) < 4.78 is 4.94. The van der Waals surface area contributed by atoms with Crippen LogP contribution in [-0.2, 0) is 4.74 Å². The summed E-state index contributed by atoms with van der Waals surface area (Å²) in [6, 6.07) is 0. The van der Waals surface area contributed by atoms with Crippen LogP contribution in [0.4, 0.5) is 0 Å². The highest BCUT2D eigenvalue weighted by Crippen LogP contribution is 2.66. The van der Waals surface area contributed by atoms with Crippen molar-refractivity contribution in [3.63, 3.8) is 0 Å². The highest BCUT2D eigenvalue weighted by Gasteiger charge is 2.58. The minimum atomic E-state index is 0.195. The van der Waals surface area contributed by atoms with E-state index in [9.17, 15) is 0 Å². The summed E-state index contributed by atoms with van der Waals surface area (Å²) >= 11 is 0. The quantitative estimate of drug-likeness (QED) is 0.182. The minimum absolute atomic E-state index is 0.195. The van der Waals surface area contributed by atoms with Crippen LogP contribution >= 0.6 is 0 Å². The van der Waals surface area contributed by atoms with Gasteiger partial charge in [0.05, 0.1) is 0 Å². The Balaban J connectivity index is 0.000000150. The lowest BCUT2D eigenvalue weighted by atomic mass is 9.73. The van der Waals surface area contributed by atoms with Crippen molar-refractivity contribution in [1.29, 1.82) is 0 Å². The van der Waals surface area contributed by atoms with Crippen molar-refractivity contribution in [2.45, 2.75) is 105 Å². The lowest BCUT2D eigenvalue weighted by molar-refractivity contribution is 0.198. The van der Waals surface area contributed by atoms with E-state index in [4.69, 9.17) is 20.1 Å². The molecule has 0 amide bonds. The number of allylic oxidation sites excluding steroid dienone is 4. The van der Waals surface area contributed by atoms with Crippen LogP contribution in [-0.4, -0.2) is 48.9 Å². The van der Waals surface area contributed by atoms with Gasteiger partial charge in [-0.1, -0.05) is 52.0 Å². The summed E-state index contributed by atoms with van der Waals surface area (Å²) in [6.45, 7) is 10.4. The molecule has 41 heavy (non-hydrogen) atoms. The number of aliphatic hydroxyl groups excluding tert-OH is 3. The largest absolute Gasteiger partial charge is 0.400 e. The molecule has 1 saturated heterocycles. The van der Waals surface area contributed by atoms with Crippen molar-refractivity contribution >= 4 is 0 Å². The third-order valence-corrected chi connectivity index (χ3v) is 11.8. The average Bonchev–Trinajstić information content (AvgIpc) is 3.89. The van der Waals surface area contributed by atoms with Crippen molar-refractivity contribution < 1.29 is 20.1 Å². The van der Waals surface area contributed by atoms with Gasteiger partial charge in [-0.2, -0.15) is 0 Å². The van der Waals surface area contributed by atoms with Crippen molar-refractivity contribution in [3.05, 3.63) is 24.3 Å². The predicted octanol–water partition coefficient (Wildman–Crippen LogP) is 7.92. The summed E-state index contributed by atoms with van der Waals surface area (Å²) in [5.74, 6) is 13.3. The molecule has 0 spiro atoms. The van der Waals surface area contributed by atoms with E-state index >= 15 is 0 Å². The molecule has 12 atom stereocenters. The third kappa shape index (κ3) is 7.89. The van der Waals surface area contributed by atoms with Crippen LogP contribution in [0.15, 0.2) is 24.3 Å². The fourth-order valence-electron chi connectivity index (χ4n) is 10.7. The molecule has 0 aromatic rings. The molecule has 12 unspecified atom stereocenters. The first-order valence-corrected chi connectivity index (χ1v) is 17.9. The van der Waals surface area contributed by atoms with E-state index in [2.05, 4.69) is 24.3 Å². The number of aliphatic hydroxyl groups is 3. The second-order valence-electron chi connectivity index (χ2n) is 13.3. The molecular formula is C37H66O4. The van der Waals surface area contributed by atoms with Gasteiger partial charge in [-0.15, -0.1) is 0 Å². The fraction of sp³-hybridized carbons (Fsp3) is 0.892. The summed E-state index contributed by atoms with van der Waals surface area (Å²) in [5.41, 5.74) is 0. The second kappa shape index (κ2) is 18.2. The maximum absolute atomic E-state index is 8.09. The van der Waals surface area contributed by atoms with Crippen LogP contribution in [0.1, 0.15) is 105 Å². The Bertz CT molecular complexity index is 646. The summed E-state index contributed by atoms with van der Waals surface area (Å²) in [5, 5.41) is 23.2. The molecule has 6 saturated carbocycles.